The summed E-state index contributed by atoms with van der Waals surface area (Å²) in [6, 6.07) is 21.7. The fraction of sp³-hybridized carbons (Fsp3) is 0.0833. The predicted octanol–water partition coefficient (Wildman–Crippen LogP) is 5.83. The summed E-state index contributed by atoms with van der Waals surface area (Å²) < 4.78 is 5.79. The number of anilines is 2. The minimum atomic E-state index is -0.432. The molecule has 6 heteroatoms. The van der Waals surface area contributed by atoms with Crippen LogP contribution in [0, 0.1) is 6.92 Å². The van der Waals surface area contributed by atoms with E-state index in [2.05, 4.69) is 10.6 Å². The van der Waals surface area contributed by atoms with Gasteiger partial charge in [0.1, 0.15) is 11.3 Å². The molecule has 0 aliphatic rings. The highest BCUT2D eigenvalue weighted by atomic mass is 35.5. The molecule has 2 N–H and O–H groups in total. The standard InChI is InChI=1S/C24H19ClN2O3/c1-15-5-4-6-18(13-15)26-24(29)23-22(19-7-2-3-8-20(19)30-23)27-21(28)14-16-9-11-17(25)12-10-16/h2-13H,14H2,1H3,(H,26,29)(H,27,28). The van der Waals surface area contributed by atoms with Gasteiger partial charge in [0, 0.05) is 16.1 Å². The first-order chi connectivity index (χ1) is 14.5. The van der Waals surface area contributed by atoms with E-state index in [-0.39, 0.29) is 18.1 Å². The van der Waals surface area contributed by atoms with Crippen LogP contribution in [0.1, 0.15) is 21.7 Å². The van der Waals surface area contributed by atoms with Crippen LogP contribution in [-0.2, 0) is 11.2 Å². The summed E-state index contributed by atoms with van der Waals surface area (Å²) in [6.45, 7) is 1.94. The monoisotopic (exact) mass is 418 g/mol. The van der Waals surface area contributed by atoms with Gasteiger partial charge in [-0.3, -0.25) is 9.59 Å². The average Bonchev–Trinajstić information content (AvgIpc) is 3.08. The number of nitrogens with one attached hydrogen (secondary N) is 2. The van der Waals surface area contributed by atoms with Gasteiger partial charge in [0.05, 0.1) is 6.42 Å². The van der Waals surface area contributed by atoms with Crippen molar-refractivity contribution in [2.24, 2.45) is 0 Å². The third-order valence-electron chi connectivity index (χ3n) is 4.62. The molecule has 0 fully saturated rings. The number of amides is 2. The number of para-hydroxylation sites is 1. The van der Waals surface area contributed by atoms with Crippen LogP contribution < -0.4 is 10.6 Å². The SMILES string of the molecule is Cc1cccc(NC(=O)c2oc3ccccc3c2NC(=O)Cc2ccc(Cl)cc2)c1. The van der Waals surface area contributed by atoms with E-state index in [1.54, 1.807) is 42.5 Å². The molecule has 0 atom stereocenters. The van der Waals surface area contributed by atoms with E-state index < -0.39 is 5.91 Å². The van der Waals surface area contributed by atoms with Crippen LogP contribution >= 0.6 is 11.6 Å². The first kappa shape index (κ1) is 19.7. The number of furan rings is 1. The molecule has 5 nitrogen and oxygen atoms in total. The second-order valence-electron chi connectivity index (χ2n) is 6.98. The average molecular weight is 419 g/mol. The van der Waals surface area contributed by atoms with E-state index in [0.29, 0.717) is 27.4 Å². The lowest BCUT2D eigenvalue weighted by molar-refractivity contribution is -0.115. The van der Waals surface area contributed by atoms with Crippen molar-refractivity contribution in [3.63, 3.8) is 0 Å². The lowest BCUT2D eigenvalue weighted by Crippen LogP contribution is -2.18. The van der Waals surface area contributed by atoms with Crippen LogP contribution in [0.15, 0.2) is 77.2 Å². The van der Waals surface area contributed by atoms with E-state index in [1.165, 1.54) is 0 Å². The quantitative estimate of drug-likeness (QED) is 0.428. The molecular weight excluding hydrogens is 400 g/mol. The van der Waals surface area contributed by atoms with Crippen molar-refractivity contribution in [2.45, 2.75) is 13.3 Å². The summed E-state index contributed by atoms with van der Waals surface area (Å²) in [6.07, 6.45) is 0.148. The Morgan fingerprint density at radius 3 is 2.47 bits per heavy atom. The molecule has 30 heavy (non-hydrogen) atoms. The van der Waals surface area contributed by atoms with Crippen molar-refractivity contribution in [2.75, 3.05) is 10.6 Å². The maximum atomic E-state index is 12.9. The lowest BCUT2D eigenvalue weighted by Gasteiger charge is -2.08. The summed E-state index contributed by atoms with van der Waals surface area (Å²) in [5, 5.41) is 6.95. The van der Waals surface area contributed by atoms with Crippen LogP contribution in [0.25, 0.3) is 11.0 Å². The molecule has 1 heterocycles. The first-order valence-electron chi connectivity index (χ1n) is 9.43. The number of carbonyl (C=O) groups is 2. The normalized spacial score (nSPS) is 10.7. The van der Waals surface area contributed by atoms with Gasteiger partial charge in [0.25, 0.3) is 5.91 Å². The summed E-state index contributed by atoms with van der Waals surface area (Å²) in [7, 11) is 0. The predicted molar refractivity (Wildman–Crippen MR) is 119 cm³/mol. The highest BCUT2D eigenvalue weighted by Gasteiger charge is 2.22. The van der Waals surface area contributed by atoms with E-state index in [9.17, 15) is 9.59 Å². The van der Waals surface area contributed by atoms with E-state index in [1.807, 2.05) is 37.3 Å². The molecule has 0 aliphatic heterocycles. The Kier molecular flexibility index (Phi) is 5.55. The molecule has 4 rings (SSSR count). The Morgan fingerprint density at radius 2 is 1.70 bits per heavy atom. The van der Waals surface area contributed by atoms with Gasteiger partial charge in [-0.15, -0.1) is 0 Å². The molecule has 0 unspecified atom stereocenters. The highest BCUT2D eigenvalue weighted by molar-refractivity contribution is 6.30. The van der Waals surface area contributed by atoms with Crippen molar-refractivity contribution in [3.05, 3.63) is 94.7 Å². The molecule has 0 bridgehead atoms. The van der Waals surface area contributed by atoms with Crippen LogP contribution in [0.4, 0.5) is 11.4 Å². The van der Waals surface area contributed by atoms with Crippen LogP contribution in [0.2, 0.25) is 5.02 Å². The van der Waals surface area contributed by atoms with Gasteiger partial charge in [-0.05, 0) is 54.4 Å². The zero-order valence-electron chi connectivity index (χ0n) is 16.2. The maximum absolute atomic E-state index is 12.9. The number of aryl methyl sites for hydroxylation is 1. The van der Waals surface area contributed by atoms with Crippen LogP contribution in [0.5, 0.6) is 0 Å². The molecule has 0 radical (unpaired) electrons. The molecule has 2 amide bonds. The smallest absolute Gasteiger partial charge is 0.293 e. The third kappa shape index (κ3) is 4.36. The Bertz CT molecular complexity index is 1230. The van der Waals surface area contributed by atoms with Gasteiger partial charge < -0.3 is 15.1 Å². The molecule has 0 saturated heterocycles. The van der Waals surface area contributed by atoms with Crippen molar-refractivity contribution in [1.29, 1.82) is 0 Å². The summed E-state index contributed by atoms with van der Waals surface area (Å²) in [5.41, 5.74) is 3.37. The number of hydrogen-bond donors (Lipinski definition) is 2. The first-order valence-corrected chi connectivity index (χ1v) is 9.81. The highest BCUT2D eigenvalue weighted by Crippen LogP contribution is 2.31. The summed E-state index contributed by atoms with van der Waals surface area (Å²) in [4.78, 5) is 25.6. The van der Waals surface area contributed by atoms with Gasteiger partial charge in [0.2, 0.25) is 11.7 Å². The van der Waals surface area contributed by atoms with Crippen LogP contribution in [-0.4, -0.2) is 11.8 Å². The number of halogens is 1. The minimum Gasteiger partial charge on any atom is -0.449 e. The largest absolute Gasteiger partial charge is 0.449 e. The van der Waals surface area contributed by atoms with Gasteiger partial charge in [-0.25, -0.2) is 0 Å². The van der Waals surface area contributed by atoms with E-state index in [0.717, 1.165) is 11.1 Å². The maximum Gasteiger partial charge on any atom is 0.293 e. The molecular formula is C24H19ClN2O3. The number of benzene rings is 3. The zero-order valence-corrected chi connectivity index (χ0v) is 17.0. The lowest BCUT2D eigenvalue weighted by atomic mass is 10.1. The van der Waals surface area contributed by atoms with Crippen molar-refractivity contribution in [3.8, 4) is 0 Å². The molecule has 150 valence electrons. The van der Waals surface area contributed by atoms with Crippen molar-refractivity contribution in [1.82, 2.24) is 0 Å². The molecule has 0 aliphatic carbocycles. The zero-order chi connectivity index (χ0) is 21.1. The summed E-state index contributed by atoms with van der Waals surface area (Å²) in [5.74, 6) is -0.630. The Hall–Kier alpha value is -3.57. The topological polar surface area (TPSA) is 71.3 Å². The second-order valence-corrected chi connectivity index (χ2v) is 7.41. The number of hydrogen-bond acceptors (Lipinski definition) is 3. The molecule has 0 saturated carbocycles. The molecule has 3 aromatic carbocycles. The van der Waals surface area contributed by atoms with Gasteiger partial charge in [0.15, 0.2) is 0 Å². The Balaban J connectivity index is 1.62. The Morgan fingerprint density at radius 1 is 0.933 bits per heavy atom. The second kappa shape index (κ2) is 8.43. The van der Waals surface area contributed by atoms with Gasteiger partial charge in [-0.1, -0.05) is 48.0 Å². The molecule has 0 spiro atoms. The number of fused-ring (bicyclic) bond motifs is 1. The molecule has 1 aromatic heterocycles. The van der Waals surface area contributed by atoms with Gasteiger partial charge in [-0.2, -0.15) is 0 Å². The third-order valence-corrected chi connectivity index (χ3v) is 4.87. The fourth-order valence-electron chi connectivity index (χ4n) is 3.21. The number of carbonyl (C=O) groups excluding carboxylic acids is 2. The van der Waals surface area contributed by atoms with E-state index >= 15 is 0 Å². The number of rotatable bonds is 5. The summed E-state index contributed by atoms with van der Waals surface area (Å²) >= 11 is 5.90. The van der Waals surface area contributed by atoms with Gasteiger partial charge >= 0.3 is 0 Å². The van der Waals surface area contributed by atoms with Crippen molar-refractivity contribution >= 4 is 45.8 Å². The molecule has 4 aromatic rings. The van der Waals surface area contributed by atoms with Crippen molar-refractivity contribution < 1.29 is 14.0 Å². The minimum absolute atomic E-state index is 0.0576. The fourth-order valence-corrected chi connectivity index (χ4v) is 3.34. The Labute approximate surface area is 178 Å². The van der Waals surface area contributed by atoms with Crippen LogP contribution in [0.3, 0.4) is 0 Å². The van der Waals surface area contributed by atoms with E-state index in [4.69, 9.17) is 16.0 Å².